The van der Waals surface area contributed by atoms with E-state index in [0.717, 1.165) is 12.1 Å². The number of nitrogens with one attached hydrogen (secondary N) is 1. The van der Waals surface area contributed by atoms with Crippen molar-refractivity contribution in [1.82, 2.24) is 20.2 Å². The summed E-state index contributed by atoms with van der Waals surface area (Å²) in [6.45, 7) is 0. The van der Waals surface area contributed by atoms with E-state index in [9.17, 15) is 13.0 Å². The molecule has 1 atom stereocenters. The van der Waals surface area contributed by atoms with Crippen molar-refractivity contribution in [3.8, 4) is 23.0 Å². The second-order valence-corrected chi connectivity index (χ2v) is 7.70. The maximum Gasteiger partial charge on any atom is 0.324 e. The van der Waals surface area contributed by atoms with Crippen LogP contribution in [0.1, 0.15) is 0 Å². The molecular formula is C17H8Cl2F2N4O2S. The number of aromatic nitrogens is 4. The highest BCUT2D eigenvalue weighted by molar-refractivity contribution is 8.08. The minimum Gasteiger partial charge on any atom is -0.421 e. The summed E-state index contributed by atoms with van der Waals surface area (Å²) in [5.74, 6) is -1.84. The molecule has 2 heterocycles. The number of hydrogen-bond acceptors (Lipinski definition) is 5. The molecule has 142 valence electrons. The van der Waals surface area contributed by atoms with E-state index in [1.54, 1.807) is 18.2 Å². The highest BCUT2D eigenvalue weighted by atomic mass is 35.7. The first-order valence-corrected chi connectivity index (χ1v) is 10.00. The van der Waals surface area contributed by atoms with Gasteiger partial charge in [-0.1, -0.05) is 11.6 Å². The van der Waals surface area contributed by atoms with Gasteiger partial charge in [-0.05, 0) is 41.0 Å². The zero-order chi connectivity index (χ0) is 19.8. The third-order valence-electron chi connectivity index (χ3n) is 3.78. The molecule has 0 fully saturated rings. The van der Waals surface area contributed by atoms with Crippen LogP contribution in [0.3, 0.4) is 0 Å². The van der Waals surface area contributed by atoms with E-state index in [2.05, 4.69) is 20.2 Å². The minimum atomic E-state index is -1.71. The quantitative estimate of drug-likeness (QED) is 0.451. The summed E-state index contributed by atoms with van der Waals surface area (Å²) in [5.41, 5.74) is 1.23. The Morgan fingerprint density at radius 1 is 1.14 bits per heavy atom. The van der Waals surface area contributed by atoms with E-state index in [1.165, 1.54) is 6.20 Å². The molecule has 0 saturated heterocycles. The predicted molar refractivity (Wildman–Crippen MR) is 101 cm³/mol. The number of hydrogen-bond donors (Lipinski definition) is 1. The van der Waals surface area contributed by atoms with Crippen molar-refractivity contribution in [2.24, 2.45) is 0 Å². The number of ether oxygens (including phenoxy) is 1. The first-order chi connectivity index (χ1) is 13.4. The maximum atomic E-state index is 13.7. The van der Waals surface area contributed by atoms with Crippen LogP contribution < -0.4 is 4.74 Å². The smallest absolute Gasteiger partial charge is 0.324 e. The summed E-state index contributed by atoms with van der Waals surface area (Å²) in [5, 5.41) is 7.75. The van der Waals surface area contributed by atoms with Crippen LogP contribution in [0.2, 0.25) is 5.02 Å². The lowest BCUT2D eigenvalue weighted by molar-refractivity contribution is 0.409. The fourth-order valence-electron chi connectivity index (χ4n) is 2.49. The molecule has 1 unspecified atom stereocenters. The van der Waals surface area contributed by atoms with Gasteiger partial charge in [0, 0.05) is 17.8 Å². The molecule has 0 spiro atoms. The first-order valence-electron chi connectivity index (χ1n) is 7.64. The Labute approximate surface area is 168 Å². The van der Waals surface area contributed by atoms with Crippen molar-refractivity contribution in [1.29, 1.82) is 0 Å². The van der Waals surface area contributed by atoms with E-state index < -0.39 is 21.6 Å². The largest absolute Gasteiger partial charge is 0.421 e. The summed E-state index contributed by atoms with van der Waals surface area (Å²) in [6, 6.07) is 7.39. The SMILES string of the molecule is O=S(Cl)c1ccc(Cl)c(-c2[nH]nc3nc(Oc4ccc(F)cc4F)ncc23)c1. The molecule has 1 N–H and O–H groups in total. The standard InChI is InChI=1S/C17H8Cl2F2N4O2S/c18-12-3-2-9(28(19)26)6-10(12)15-11-7-22-17(23-16(11)25-24-15)27-14-4-1-8(20)5-13(14)21/h1-7H,(H,22,23,24,25). The molecule has 0 aliphatic heterocycles. The van der Waals surface area contributed by atoms with Gasteiger partial charge in [0.25, 0.3) is 0 Å². The third-order valence-corrected chi connectivity index (χ3v) is 5.27. The van der Waals surface area contributed by atoms with Gasteiger partial charge in [-0.15, -0.1) is 0 Å². The van der Waals surface area contributed by atoms with Crippen molar-refractivity contribution < 1.29 is 17.7 Å². The van der Waals surface area contributed by atoms with Crippen molar-refractivity contribution in [3.05, 3.63) is 59.3 Å². The van der Waals surface area contributed by atoms with Gasteiger partial charge >= 0.3 is 6.01 Å². The summed E-state index contributed by atoms with van der Waals surface area (Å²) >= 11 is 6.23. The highest BCUT2D eigenvalue weighted by Gasteiger charge is 2.16. The fraction of sp³-hybridized carbons (Fsp3) is 0. The van der Waals surface area contributed by atoms with Gasteiger partial charge in [0.15, 0.2) is 17.2 Å². The molecule has 0 aliphatic carbocycles. The van der Waals surface area contributed by atoms with E-state index in [-0.39, 0.29) is 17.4 Å². The van der Waals surface area contributed by atoms with Crippen molar-refractivity contribution in [2.45, 2.75) is 4.90 Å². The molecular weight excluding hydrogens is 433 g/mol. The van der Waals surface area contributed by atoms with E-state index in [0.29, 0.717) is 32.6 Å². The van der Waals surface area contributed by atoms with Gasteiger partial charge in [-0.2, -0.15) is 10.1 Å². The Bertz CT molecular complexity index is 1240. The van der Waals surface area contributed by atoms with Crippen LogP contribution in [0.25, 0.3) is 22.3 Å². The van der Waals surface area contributed by atoms with Gasteiger partial charge in [-0.25, -0.2) is 18.0 Å². The Morgan fingerprint density at radius 3 is 2.71 bits per heavy atom. The lowest BCUT2D eigenvalue weighted by Crippen LogP contribution is -1.94. The molecule has 4 rings (SSSR count). The summed E-state index contributed by atoms with van der Waals surface area (Å²) in [6.07, 6.45) is 1.42. The molecule has 4 aromatic rings. The number of halogens is 4. The predicted octanol–water partition coefficient (Wildman–Crippen LogP) is 5.01. The van der Waals surface area contributed by atoms with Crippen molar-refractivity contribution in [2.75, 3.05) is 0 Å². The molecule has 0 radical (unpaired) electrons. The van der Waals surface area contributed by atoms with E-state index >= 15 is 0 Å². The molecule has 28 heavy (non-hydrogen) atoms. The highest BCUT2D eigenvalue weighted by Crippen LogP contribution is 2.33. The van der Waals surface area contributed by atoms with Crippen molar-refractivity contribution >= 4 is 43.3 Å². The Morgan fingerprint density at radius 2 is 1.96 bits per heavy atom. The number of aromatic amines is 1. The number of rotatable bonds is 4. The summed E-state index contributed by atoms with van der Waals surface area (Å²) in [4.78, 5) is 8.50. The van der Waals surface area contributed by atoms with Gasteiger partial charge in [-0.3, -0.25) is 5.10 Å². The molecule has 0 bridgehead atoms. The van der Waals surface area contributed by atoms with Crippen LogP contribution in [0.4, 0.5) is 8.78 Å². The normalized spacial score (nSPS) is 12.3. The number of H-pyrrole nitrogens is 1. The Kier molecular flexibility index (Phi) is 4.96. The topological polar surface area (TPSA) is 80.8 Å². The van der Waals surface area contributed by atoms with Crippen LogP contribution in [-0.4, -0.2) is 24.4 Å². The molecule has 2 aromatic heterocycles. The monoisotopic (exact) mass is 440 g/mol. The third kappa shape index (κ3) is 3.56. The first kappa shape index (κ1) is 18.7. The summed E-state index contributed by atoms with van der Waals surface area (Å²) in [7, 11) is 3.93. The molecule has 11 heteroatoms. The Hall–Kier alpha value is -2.62. The van der Waals surface area contributed by atoms with Gasteiger partial charge in [0.1, 0.15) is 15.8 Å². The lowest BCUT2D eigenvalue weighted by Gasteiger charge is -2.06. The van der Waals surface area contributed by atoms with Crippen LogP contribution in [0.15, 0.2) is 47.5 Å². The average Bonchev–Trinajstić information content (AvgIpc) is 3.07. The van der Waals surface area contributed by atoms with Crippen LogP contribution in [-0.2, 0) is 10.0 Å². The van der Waals surface area contributed by atoms with Gasteiger partial charge < -0.3 is 4.74 Å². The minimum absolute atomic E-state index is 0.169. The molecule has 6 nitrogen and oxygen atoms in total. The van der Waals surface area contributed by atoms with Gasteiger partial charge in [0.05, 0.1) is 21.0 Å². The number of nitrogens with zero attached hydrogens (tertiary/aromatic N) is 3. The van der Waals surface area contributed by atoms with E-state index in [1.807, 2.05) is 0 Å². The van der Waals surface area contributed by atoms with E-state index in [4.69, 9.17) is 27.0 Å². The number of fused-ring (bicyclic) bond motifs is 1. The zero-order valence-corrected chi connectivity index (χ0v) is 15.9. The summed E-state index contributed by atoms with van der Waals surface area (Å²) < 4.78 is 43.5. The van der Waals surface area contributed by atoms with Crippen LogP contribution >= 0.6 is 22.3 Å². The molecule has 0 aliphatic rings. The molecule has 0 saturated carbocycles. The maximum absolute atomic E-state index is 13.7. The van der Waals surface area contributed by atoms with Crippen molar-refractivity contribution in [3.63, 3.8) is 0 Å². The van der Waals surface area contributed by atoms with Crippen LogP contribution in [0.5, 0.6) is 11.8 Å². The molecule has 2 aromatic carbocycles. The lowest BCUT2D eigenvalue weighted by atomic mass is 10.1. The Balaban J connectivity index is 1.73. The fourth-order valence-corrected chi connectivity index (χ4v) is 3.38. The average molecular weight is 441 g/mol. The van der Waals surface area contributed by atoms with Gasteiger partial charge in [0.2, 0.25) is 0 Å². The number of benzene rings is 2. The zero-order valence-electron chi connectivity index (χ0n) is 13.6. The second-order valence-electron chi connectivity index (χ2n) is 5.53. The second kappa shape index (κ2) is 7.42. The molecule has 0 amide bonds. The van der Waals surface area contributed by atoms with Crippen LogP contribution in [0, 0.1) is 11.6 Å².